The number of rotatable bonds is 5. The summed E-state index contributed by atoms with van der Waals surface area (Å²) < 4.78 is 47.6. The number of hydrogen-bond acceptors (Lipinski definition) is 5. The third kappa shape index (κ3) is 3.99. The normalized spacial score (nSPS) is 17.2. The molecule has 1 atom stereocenters. The van der Waals surface area contributed by atoms with Crippen molar-refractivity contribution >= 4 is 29.0 Å². The molecule has 0 amide bonds. The van der Waals surface area contributed by atoms with Gasteiger partial charge in [-0.25, -0.2) is 9.17 Å². The molecule has 1 aliphatic carbocycles. The SMILES string of the molecule is O=c1n(-c2cc(-c3ccns3)cc([C@@H](C3=NN=CCC3)C3CCC3)c2)cc2c(C(F)(F)F)cccn12. The summed E-state index contributed by atoms with van der Waals surface area (Å²) in [6.45, 7) is 0. The van der Waals surface area contributed by atoms with Crippen molar-refractivity contribution in [1.82, 2.24) is 13.3 Å². The van der Waals surface area contributed by atoms with Crippen LogP contribution in [0.2, 0.25) is 0 Å². The van der Waals surface area contributed by atoms with Crippen LogP contribution in [0.1, 0.15) is 49.1 Å². The molecule has 2 aliphatic rings. The molecule has 0 radical (unpaired) electrons. The van der Waals surface area contributed by atoms with E-state index in [2.05, 4.69) is 20.6 Å². The van der Waals surface area contributed by atoms with Gasteiger partial charge < -0.3 is 0 Å². The molecule has 4 heterocycles. The summed E-state index contributed by atoms with van der Waals surface area (Å²) in [6.07, 6.45) is 6.56. The van der Waals surface area contributed by atoms with Crippen LogP contribution < -0.4 is 5.69 Å². The van der Waals surface area contributed by atoms with E-state index in [1.165, 1.54) is 34.6 Å². The smallest absolute Gasteiger partial charge is 0.267 e. The maximum atomic E-state index is 13.7. The number of hydrogen-bond donors (Lipinski definition) is 0. The molecule has 0 bridgehead atoms. The van der Waals surface area contributed by atoms with Crippen molar-refractivity contribution < 1.29 is 13.2 Å². The summed E-state index contributed by atoms with van der Waals surface area (Å²) in [5, 5.41) is 8.64. The van der Waals surface area contributed by atoms with Crippen molar-refractivity contribution in [2.45, 2.75) is 44.2 Å². The number of benzene rings is 1. The van der Waals surface area contributed by atoms with E-state index in [4.69, 9.17) is 0 Å². The van der Waals surface area contributed by atoms with Crippen LogP contribution in [-0.4, -0.2) is 25.3 Å². The molecule has 1 aromatic carbocycles. The molecule has 1 fully saturated rings. The molecule has 6 nitrogen and oxygen atoms in total. The Hall–Kier alpha value is -3.53. The summed E-state index contributed by atoms with van der Waals surface area (Å²) in [4.78, 5) is 14.2. The average Bonchev–Trinajstić information content (AvgIpc) is 3.49. The summed E-state index contributed by atoms with van der Waals surface area (Å²) in [6, 6.07) is 9.99. The lowest BCUT2D eigenvalue weighted by molar-refractivity contribution is -0.136. The molecular weight excluding hydrogens is 487 g/mol. The number of aromatic nitrogens is 3. The fourth-order valence-corrected chi connectivity index (χ4v) is 5.74. The minimum absolute atomic E-state index is 0.0429. The first-order valence-electron chi connectivity index (χ1n) is 11.8. The highest BCUT2D eigenvalue weighted by Crippen LogP contribution is 2.43. The van der Waals surface area contributed by atoms with Gasteiger partial charge in [0.05, 0.1) is 21.6 Å². The zero-order chi connectivity index (χ0) is 24.9. The molecule has 6 rings (SSSR count). The van der Waals surface area contributed by atoms with Crippen LogP contribution >= 0.6 is 11.5 Å². The first-order chi connectivity index (χ1) is 17.4. The lowest BCUT2D eigenvalue weighted by Crippen LogP contribution is -2.28. The van der Waals surface area contributed by atoms with E-state index in [0.717, 1.165) is 64.3 Å². The van der Waals surface area contributed by atoms with Crippen LogP contribution in [0, 0.1) is 5.92 Å². The minimum Gasteiger partial charge on any atom is -0.267 e. The first kappa shape index (κ1) is 22.9. The minimum atomic E-state index is -4.57. The number of alkyl halides is 3. The lowest BCUT2D eigenvalue weighted by atomic mass is 9.70. The van der Waals surface area contributed by atoms with Gasteiger partial charge in [-0.15, -0.1) is 0 Å². The van der Waals surface area contributed by atoms with Gasteiger partial charge >= 0.3 is 11.9 Å². The molecule has 1 saturated carbocycles. The third-order valence-corrected chi connectivity index (χ3v) is 7.88. The van der Waals surface area contributed by atoms with Crippen molar-refractivity contribution in [1.29, 1.82) is 0 Å². The highest BCUT2D eigenvalue weighted by atomic mass is 32.1. The Bertz CT molecular complexity index is 1540. The summed E-state index contributed by atoms with van der Waals surface area (Å²) >= 11 is 1.33. The fourth-order valence-electron chi connectivity index (χ4n) is 5.16. The van der Waals surface area contributed by atoms with Gasteiger partial charge in [-0.05, 0) is 90.7 Å². The van der Waals surface area contributed by atoms with E-state index in [-0.39, 0.29) is 11.4 Å². The zero-order valence-corrected chi connectivity index (χ0v) is 20.0. The van der Waals surface area contributed by atoms with Crippen molar-refractivity contribution in [2.75, 3.05) is 0 Å². The van der Waals surface area contributed by atoms with Gasteiger partial charge in [0.1, 0.15) is 0 Å². The fraction of sp³-hybridized carbons (Fsp3) is 0.308. The van der Waals surface area contributed by atoms with Gasteiger partial charge in [0.25, 0.3) is 0 Å². The van der Waals surface area contributed by atoms with Crippen molar-refractivity contribution in [3.8, 4) is 16.1 Å². The van der Waals surface area contributed by atoms with E-state index in [9.17, 15) is 18.0 Å². The molecule has 4 aromatic rings. The number of imidazole rings is 1. The second-order valence-electron chi connectivity index (χ2n) is 9.24. The summed E-state index contributed by atoms with van der Waals surface area (Å²) in [7, 11) is 0. The van der Waals surface area contributed by atoms with Crippen LogP contribution in [0.25, 0.3) is 21.6 Å². The second kappa shape index (κ2) is 8.85. The number of nitrogens with zero attached hydrogens (tertiary/aromatic N) is 5. The van der Waals surface area contributed by atoms with Gasteiger partial charge in [-0.3, -0.25) is 8.97 Å². The average molecular weight is 510 g/mol. The summed E-state index contributed by atoms with van der Waals surface area (Å²) in [5.74, 6) is 0.463. The van der Waals surface area contributed by atoms with Crippen molar-refractivity contribution in [3.05, 3.63) is 76.6 Å². The molecule has 1 aliphatic heterocycles. The van der Waals surface area contributed by atoms with Crippen molar-refractivity contribution in [2.24, 2.45) is 16.1 Å². The molecule has 184 valence electrons. The largest absolute Gasteiger partial charge is 0.418 e. The Kier molecular flexibility index (Phi) is 5.63. The number of halogens is 3. The zero-order valence-electron chi connectivity index (χ0n) is 19.2. The number of fused-ring (bicyclic) bond motifs is 1. The van der Waals surface area contributed by atoms with E-state index in [1.807, 2.05) is 24.4 Å². The highest BCUT2D eigenvalue weighted by Gasteiger charge is 2.35. The van der Waals surface area contributed by atoms with E-state index < -0.39 is 17.4 Å². The van der Waals surface area contributed by atoms with E-state index in [0.29, 0.717) is 11.6 Å². The van der Waals surface area contributed by atoms with Gasteiger partial charge in [0.15, 0.2) is 0 Å². The van der Waals surface area contributed by atoms with E-state index in [1.54, 1.807) is 6.20 Å². The summed E-state index contributed by atoms with van der Waals surface area (Å²) in [5.41, 5.74) is 1.82. The van der Waals surface area contributed by atoms with Crippen LogP contribution in [0.15, 0.2) is 70.0 Å². The van der Waals surface area contributed by atoms with Crippen LogP contribution in [0.3, 0.4) is 0 Å². The Morgan fingerprint density at radius 3 is 2.67 bits per heavy atom. The third-order valence-electron chi connectivity index (χ3n) is 7.08. The maximum absolute atomic E-state index is 13.7. The Morgan fingerprint density at radius 1 is 1.14 bits per heavy atom. The van der Waals surface area contributed by atoms with Crippen LogP contribution in [-0.2, 0) is 6.18 Å². The standard InChI is InChI=1S/C26H22F3N5OS/c27-26(28,29)20-6-3-11-33-22(20)15-34(25(33)35)19-13-17(23-8-10-31-36-23)12-18(14-19)24(16-4-1-5-16)21-7-2-9-30-32-21/h3,6,8-16,24H,1-2,4-5,7H2/t24-/m0/s1. The molecule has 0 unspecified atom stereocenters. The molecule has 0 saturated heterocycles. The lowest BCUT2D eigenvalue weighted by Gasteiger charge is -2.35. The Balaban J connectivity index is 1.56. The highest BCUT2D eigenvalue weighted by molar-refractivity contribution is 7.09. The van der Waals surface area contributed by atoms with Crippen LogP contribution in [0.4, 0.5) is 13.2 Å². The van der Waals surface area contributed by atoms with Gasteiger partial charge in [-0.2, -0.15) is 23.4 Å². The number of pyridine rings is 1. The van der Waals surface area contributed by atoms with Crippen molar-refractivity contribution in [3.63, 3.8) is 0 Å². The first-order valence-corrected chi connectivity index (χ1v) is 12.6. The van der Waals surface area contributed by atoms with Crippen LogP contribution in [0.5, 0.6) is 0 Å². The maximum Gasteiger partial charge on any atom is 0.418 e. The van der Waals surface area contributed by atoms with Gasteiger partial charge in [0.2, 0.25) is 0 Å². The topological polar surface area (TPSA) is 64.0 Å². The molecule has 36 heavy (non-hydrogen) atoms. The molecule has 10 heteroatoms. The predicted octanol–water partition coefficient (Wildman–Crippen LogP) is 6.34. The van der Waals surface area contributed by atoms with E-state index >= 15 is 0 Å². The quantitative estimate of drug-likeness (QED) is 0.315. The molecule has 0 spiro atoms. The monoisotopic (exact) mass is 509 g/mol. The molecule has 3 aromatic heterocycles. The molecule has 0 N–H and O–H groups in total. The second-order valence-corrected chi connectivity index (χ2v) is 10.1. The van der Waals surface area contributed by atoms with Gasteiger partial charge in [0, 0.05) is 36.4 Å². The predicted molar refractivity (Wildman–Crippen MR) is 134 cm³/mol. The Labute approximate surface area is 208 Å². The van der Waals surface area contributed by atoms with Gasteiger partial charge in [-0.1, -0.05) is 6.42 Å². The molecular formula is C26H22F3N5OS. The Morgan fingerprint density at radius 2 is 2.00 bits per heavy atom.